The predicted octanol–water partition coefficient (Wildman–Crippen LogP) is 3.98. The minimum absolute atomic E-state index is 0.0390. The quantitative estimate of drug-likeness (QED) is 0.591. The molecule has 1 aliphatic heterocycles. The van der Waals surface area contributed by atoms with E-state index in [-0.39, 0.29) is 16.4 Å². The second-order valence-corrected chi connectivity index (χ2v) is 7.33. The van der Waals surface area contributed by atoms with Gasteiger partial charge in [0.1, 0.15) is 12.3 Å². The fraction of sp³-hybridized carbons (Fsp3) is 0.190. The second-order valence-electron chi connectivity index (χ2n) is 6.33. The highest BCUT2D eigenvalue weighted by molar-refractivity contribution is 8.18. The number of hydrogen-bond acceptors (Lipinski definition) is 7. The van der Waals surface area contributed by atoms with Crippen LogP contribution in [-0.4, -0.2) is 49.3 Å². The van der Waals surface area contributed by atoms with E-state index in [0.29, 0.717) is 28.8 Å². The average molecular weight is 464 g/mol. The number of halogens is 2. The van der Waals surface area contributed by atoms with Crippen LogP contribution >= 0.6 is 11.8 Å². The number of methoxy groups -OCH3 is 2. The molecule has 2 aromatic carbocycles. The standard InChI is InChI=1S/C21H18F2N2O6S/c1-29-14-6-4-13(5-7-14)24-18(26)11-25-19(27)17(32-21(25)28)10-12-3-8-15(31-20(22)23)16(9-12)30-2/h3-10,20H,11H2,1-2H3,(H,24,26)/b17-10-. The molecule has 0 spiro atoms. The summed E-state index contributed by atoms with van der Waals surface area (Å²) in [6, 6.07) is 10.7. The summed E-state index contributed by atoms with van der Waals surface area (Å²) < 4.78 is 39.3. The Balaban J connectivity index is 1.69. The van der Waals surface area contributed by atoms with Crippen LogP contribution in [0.2, 0.25) is 0 Å². The first-order valence-electron chi connectivity index (χ1n) is 9.13. The smallest absolute Gasteiger partial charge is 0.387 e. The molecule has 1 saturated heterocycles. The number of hydrogen-bond donors (Lipinski definition) is 1. The lowest BCUT2D eigenvalue weighted by molar-refractivity contribution is -0.127. The van der Waals surface area contributed by atoms with Crippen molar-refractivity contribution < 1.29 is 37.4 Å². The molecular weight excluding hydrogens is 446 g/mol. The summed E-state index contributed by atoms with van der Waals surface area (Å²) >= 11 is 0.668. The van der Waals surface area contributed by atoms with Crippen LogP contribution in [-0.2, 0) is 9.59 Å². The first-order valence-corrected chi connectivity index (χ1v) is 9.94. The van der Waals surface area contributed by atoms with Crippen molar-refractivity contribution >= 4 is 40.6 Å². The first-order chi connectivity index (χ1) is 15.3. The number of imide groups is 1. The maximum Gasteiger partial charge on any atom is 0.387 e. The Hall–Kier alpha value is -3.60. The highest BCUT2D eigenvalue weighted by atomic mass is 32.2. The molecule has 0 saturated carbocycles. The van der Waals surface area contributed by atoms with E-state index >= 15 is 0 Å². The minimum atomic E-state index is -3.02. The predicted molar refractivity (Wildman–Crippen MR) is 114 cm³/mol. The first kappa shape index (κ1) is 23.1. The molecule has 0 bridgehead atoms. The Labute approximate surface area is 186 Å². The van der Waals surface area contributed by atoms with E-state index in [9.17, 15) is 23.2 Å². The van der Waals surface area contributed by atoms with E-state index in [2.05, 4.69) is 10.1 Å². The molecule has 0 atom stereocenters. The number of ether oxygens (including phenoxy) is 3. The summed E-state index contributed by atoms with van der Waals surface area (Å²) in [5, 5.41) is 2.00. The normalized spacial score (nSPS) is 14.8. The van der Waals surface area contributed by atoms with Crippen LogP contribution in [0.3, 0.4) is 0 Å². The molecule has 1 N–H and O–H groups in total. The van der Waals surface area contributed by atoms with Crippen LogP contribution in [0.4, 0.5) is 19.3 Å². The molecule has 0 unspecified atom stereocenters. The summed E-state index contributed by atoms with van der Waals surface area (Å²) in [6.07, 6.45) is 1.40. The summed E-state index contributed by atoms with van der Waals surface area (Å²) in [5.74, 6) is -0.699. The largest absolute Gasteiger partial charge is 0.497 e. The maximum absolute atomic E-state index is 12.6. The van der Waals surface area contributed by atoms with Crippen molar-refractivity contribution in [3.8, 4) is 17.2 Å². The summed E-state index contributed by atoms with van der Waals surface area (Å²) in [6.45, 7) is -3.48. The minimum Gasteiger partial charge on any atom is -0.497 e. The monoisotopic (exact) mass is 464 g/mol. The van der Waals surface area contributed by atoms with Gasteiger partial charge in [-0.25, -0.2) is 0 Å². The molecule has 0 aliphatic carbocycles. The van der Waals surface area contributed by atoms with Crippen molar-refractivity contribution in [2.45, 2.75) is 6.61 Å². The molecule has 0 aromatic heterocycles. The second kappa shape index (κ2) is 10.1. The number of carbonyl (C=O) groups excluding carboxylic acids is 3. The number of nitrogens with zero attached hydrogens (tertiary/aromatic N) is 1. The highest BCUT2D eigenvalue weighted by Gasteiger charge is 2.36. The number of alkyl halides is 2. The van der Waals surface area contributed by atoms with Crippen LogP contribution in [0, 0.1) is 0 Å². The van der Waals surface area contributed by atoms with Gasteiger partial charge in [0, 0.05) is 5.69 Å². The molecule has 0 radical (unpaired) electrons. The van der Waals surface area contributed by atoms with Gasteiger partial charge in [0.05, 0.1) is 19.1 Å². The van der Waals surface area contributed by atoms with E-state index in [0.717, 1.165) is 4.90 Å². The van der Waals surface area contributed by atoms with E-state index in [1.807, 2.05) is 0 Å². The maximum atomic E-state index is 12.6. The molecule has 3 rings (SSSR count). The van der Waals surface area contributed by atoms with Gasteiger partial charge in [-0.1, -0.05) is 6.07 Å². The number of carbonyl (C=O) groups is 3. The third kappa shape index (κ3) is 5.55. The van der Waals surface area contributed by atoms with Gasteiger partial charge in [0.25, 0.3) is 11.1 Å². The average Bonchev–Trinajstić information content (AvgIpc) is 3.02. The van der Waals surface area contributed by atoms with E-state index in [4.69, 9.17) is 9.47 Å². The molecule has 2 aromatic rings. The zero-order valence-corrected chi connectivity index (χ0v) is 17.8. The van der Waals surface area contributed by atoms with Gasteiger partial charge >= 0.3 is 6.61 Å². The summed E-state index contributed by atoms with van der Waals surface area (Å²) in [4.78, 5) is 38.1. The van der Waals surface area contributed by atoms with Crippen molar-refractivity contribution in [1.29, 1.82) is 0 Å². The summed E-state index contributed by atoms with van der Waals surface area (Å²) in [5.41, 5.74) is 0.910. The van der Waals surface area contributed by atoms with Crippen molar-refractivity contribution in [1.82, 2.24) is 4.90 Å². The van der Waals surface area contributed by atoms with Crippen LogP contribution in [0.15, 0.2) is 47.4 Å². The number of thioether (sulfide) groups is 1. The van der Waals surface area contributed by atoms with Gasteiger partial charge in [-0.05, 0) is 59.8 Å². The summed E-state index contributed by atoms with van der Waals surface area (Å²) in [7, 11) is 2.80. The van der Waals surface area contributed by atoms with E-state index in [1.165, 1.54) is 38.5 Å². The highest BCUT2D eigenvalue weighted by Crippen LogP contribution is 2.35. The molecule has 11 heteroatoms. The molecule has 32 heavy (non-hydrogen) atoms. The Kier molecular flexibility index (Phi) is 7.31. The number of rotatable bonds is 8. The van der Waals surface area contributed by atoms with Crippen molar-refractivity contribution in [2.24, 2.45) is 0 Å². The fourth-order valence-electron chi connectivity index (χ4n) is 2.77. The molecule has 8 nitrogen and oxygen atoms in total. The lowest BCUT2D eigenvalue weighted by atomic mass is 10.2. The third-order valence-corrected chi connectivity index (χ3v) is 5.16. The molecule has 1 fully saturated rings. The van der Waals surface area contributed by atoms with Gasteiger partial charge in [-0.2, -0.15) is 8.78 Å². The van der Waals surface area contributed by atoms with Crippen molar-refractivity contribution in [3.05, 3.63) is 52.9 Å². The number of nitrogens with one attached hydrogen (secondary N) is 1. The lowest BCUT2D eigenvalue weighted by Crippen LogP contribution is -2.36. The Bertz CT molecular complexity index is 1060. The van der Waals surface area contributed by atoms with Gasteiger partial charge in [-0.3, -0.25) is 19.3 Å². The molecule has 3 amide bonds. The Morgan fingerprint density at radius 2 is 1.81 bits per heavy atom. The van der Waals surface area contributed by atoms with E-state index in [1.54, 1.807) is 24.3 Å². The SMILES string of the molecule is COc1ccc(NC(=O)CN2C(=O)S/C(=C\c3ccc(OC(F)F)c(OC)c3)C2=O)cc1. The van der Waals surface area contributed by atoms with Crippen molar-refractivity contribution in [2.75, 3.05) is 26.1 Å². The molecular formula is C21H18F2N2O6S. The van der Waals surface area contributed by atoms with Crippen LogP contribution in [0.5, 0.6) is 17.2 Å². The molecule has 1 aliphatic rings. The van der Waals surface area contributed by atoms with E-state index < -0.39 is 30.2 Å². The Morgan fingerprint density at radius 1 is 1.09 bits per heavy atom. The number of amides is 3. The lowest BCUT2D eigenvalue weighted by Gasteiger charge is -2.12. The molecule has 1 heterocycles. The Morgan fingerprint density at radius 3 is 2.44 bits per heavy atom. The van der Waals surface area contributed by atoms with Gasteiger partial charge in [0.2, 0.25) is 5.91 Å². The zero-order chi connectivity index (χ0) is 23.3. The fourth-order valence-corrected chi connectivity index (χ4v) is 3.61. The molecule has 168 valence electrons. The number of benzene rings is 2. The van der Waals surface area contributed by atoms with Gasteiger partial charge in [0.15, 0.2) is 11.5 Å². The topological polar surface area (TPSA) is 94.2 Å². The number of anilines is 1. The van der Waals surface area contributed by atoms with Crippen LogP contribution < -0.4 is 19.5 Å². The van der Waals surface area contributed by atoms with Crippen LogP contribution in [0.25, 0.3) is 6.08 Å². The van der Waals surface area contributed by atoms with Gasteiger partial charge in [-0.15, -0.1) is 0 Å². The van der Waals surface area contributed by atoms with Crippen molar-refractivity contribution in [3.63, 3.8) is 0 Å². The van der Waals surface area contributed by atoms with Crippen LogP contribution in [0.1, 0.15) is 5.56 Å². The zero-order valence-electron chi connectivity index (χ0n) is 17.0. The third-order valence-electron chi connectivity index (χ3n) is 4.25. The van der Waals surface area contributed by atoms with Gasteiger partial charge < -0.3 is 19.5 Å².